The predicted octanol–water partition coefficient (Wildman–Crippen LogP) is 6.69. The number of carbonyl (C=O) groups is 3. The Balaban J connectivity index is 2.45. The Morgan fingerprint density at radius 3 is 1.76 bits per heavy atom. The molecular weight excluding hydrogens is 632 g/mol. The fourth-order valence-electron chi connectivity index (χ4n) is 5.48. The minimum absolute atomic E-state index is 0.181. The smallest absolute Gasteiger partial charge is 0.335 e. The fraction of sp³-hybridized carbons (Fsp3) is 0.816. The van der Waals surface area contributed by atoms with Crippen LogP contribution in [0.25, 0.3) is 0 Å². The van der Waals surface area contributed by atoms with Crippen molar-refractivity contribution in [1.29, 1.82) is 0 Å². The number of allylic oxidation sites excluding steroid dienone is 4. The molecule has 6 unspecified atom stereocenters. The van der Waals surface area contributed by atoms with Gasteiger partial charge in [-0.1, -0.05) is 122 Å². The first-order valence-corrected chi connectivity index (χ1v) is 18.9. The van der Waals surface area contributed by atoms with E-state index in [1.807, 2.05) is 0 Å². The van der Waals surface area contributed by atoms with Crippen molar-refractivity contribution in [1.82, 2.24) is 0 Å². The van der Waals surface area contributed by atoms with E-state index in [0.717, 1.165) is 64.2 Å². The van der Waals surface area contributed by atoms with Crippen LogP contribution in [0, 0.1) is 0 Å². The third kappa shape index (κ3) is 22.2. The molecule has 11 nitrogen and oxygen atoms in total. The molecule has 6 atom stereocenters. The molecular formula is C38H66O11. The van der Waals surface area contributed by atoms with Crippen LogP contribution in [0.3, 0.4) is 0 Å². The quantitative estimate of drug-likeness (QED) is 0.0358. The van der Waals surface area contributed by atoms with Gasteiger partial charge in [-0.25, -0.2) is 4.79 Å². The molecule has 0 bridgehead atoms. The van der Waals surface area contributed by atoms with E-state index in [2.05, 4.69) is 38.2 Å². The summed E-state index contributed by atoms with van der Waals surface area (Å²) >= 11 is 0. The lowest BCUT2D eigenvalue weighted by atomic mass is 9.99. The summed E-state index contributed by atoms with van der Waals surface area (Å²) in [7, 11) is 0. The summed E-state index contributed by atoms with van der Waals surface area (Å²) in [6, 6.07) is 0. The molecule has 49 heavy (non-hydrogen) atoms. The highest BCUT2D eigenvalue weighted by atomic mass is 16.7. The van der Waals surface area contributed by atoms with Crippen molar-refractivity contribution in [2.45, 2.75) is 185 Å². The normalized spacial score (nSPS) is 21.7. The van der Waals surface area contributed by atoms with Crippen molar-refractivity contribution >= 4 is 17.9 Å². The van der Waals surface area contributed by atoms with Gasteiger partial charge < -0.3 is 39.4 Å². The lowest BCUT2D eigenvalue weighted by molar-refractivity contribution is -0.298. The molecule has 1 aliphatic rings. The summed E-state index contributed by atoms with van der Waals surface area (Å²) in [6.45, 7) is 3.70. The first kappa shape index (κ1) is 44.7. The van der Waals surface area contributed by atoms with E-state index in [0.29, 0.717) is 12.8 Å². The fourth-order valence-corrected chi connectivity index (χ4v) is 5.48. The summed E-state index contributed by atoms with van der Waals surface area (Å²) < 4.78 is 21.6. The van der Waals surface area contributed by atoms with Crippen LogP contribution >= 0.6 is 0 Å². The molecule has 0 aliphatic carbocycles. The van der Waals surface area contributed by atoms with Crippen LogP contribution in [0.1, 0.15) is 149 Å². The second kappa shape index (κ2) is 29.4. The Bertz CT molecular complexity index is 921. The SMILES string of the molecule is CCCC/C=C\C/C=C\CCCCCCCC(=O)OCC(COC1OC(C(=O)O)C(O)C(O)C1O)OC(=O)CCCCCCCCCCC. The molecule has 1 saturated heterocycles. The second-order valence-electron chi connectivity index (χ2n) is 13.1. The molecule has 11 heteroatoms. The Morgan fingerprint density at radius 2 is 1.16 bits per heavy atom. The van der Waals surface area contributed by atoms with Crippen LogP contribution in [-0.2, 0) is 33.3 Å². The van der Waals surface area contributed by atoms with Gasteiger partial charge in [0.2, 0.25) is 0 Å². The maximum absolute atomic E-state index is 12.6. The van der Waals surface area contributed by atoms with Crippen molar-refractivity contribution in [3.05, 3.63) is 24.3 Å². The maximum atomic E-state index is 12.6. The Kier molecular flexibility index (Phi) is 26.8. The molecule has 0 aromatic rings. The molecule has 0 spiro atoms. The minimum Gasteiger partial charge on any atom is -0.479 e. The van der Waals surface area contributed by atoms with Gasteiger partial charge in [-0.15, -0.1) is 0 Å². The molecule has 284 valence electrons. The number of esters is 2. The number of aliphatic carboxylic acids is 1. The van der Waals surface area contributed by atoms with E-state index >= 15 is 0 Å². The number of unbranched alkanes of at least 4 members (excludes halogenated alkanes) is 15. The lowest BCUT2D eigenvalue weighted by Gasteiger charge is -2.38. The number of hydrogen-bond donors (Lipinski definition) is 4. The van der Waals surface area contributed by atoms with Gasteiger partial charge in [0.25, 0.3) is 0 Å². The highest BCUT2D eigenvalue weighted by molar-refractivity contribution is 5.73. The highest BCUT2D eigenvalue weighted by Gasteiger charge is 2.47. The van der Waals surface area contributed by atoms with Gasteiger partial charge in [0.05, 0.1) is 6.61 Å². The first-order valence-electron chi connectivity index (χ1n) is 18.9. The molecule has 1 aliphatic heterocycles. The number of rotatable bonds is 30. The number of hydrogen-bond acceptors (Lipinski definition) is 10. The van der Waals surface area contributed by atoms with E-state index in [9.17, 15) is 34.8 Å². The van der Waals surface area contributed by atoms with Crippen LogP contribution in [0.15, 0.2) is 24.3 Å². The van der Waals surface area contributed by atoms with Crippen LogP contribution in [0.2, 0.25) is 0 Å². The molecule has 4 N–H and O–H groups in total. The van der Waals surface area contributed by atoms with E-state index in [4.69, 9.17) is 18.9 Å². The number of carboxylic acid groups (broad SMARTS) is 1. The van der Waals surface area contributed by atoms with Crippen LogP contribution in [-0.4, -0.2) is 88.4 Å². The predicted molar refractivity (Wildman–Crippen MR) is 188 cm³/mol. The number of carboxylic acids is 1. The molecule has 0 amide bonds. The average molecular weight is 699 g/mol. The van der Waals surface area contributed by atoms with Gasteiger partial charge in [0.15, 0.2) is 18.5 Å². The summed E-state index contributed by atoms with van der Waals surface area (Å²) in [5, 5.41) is 39.6. The number of aliphatic hydroxyl groups excluding tert-OH is 3. The number of carbonyl (C=O) groups excluding carboxylic acids is 2. The summed E-state index contributed by atoms with van der Waals surface area (Å²) in [5.74, 6) is -2.47. The van der Waals surface area contributed by atoms with Crippen molar-refractivity contribution in [2.75, 3.05) is 13.2 Å². The third-order valence-electron chi connectivity index (χ3n) is 8.55. The lowest BCUT2D eigenvalue weighted by Crippen LogP contribution is -2.60. The zero-order chi connectivity index (χ0) is 36.1. The van der Waals surface area contributed by atoms with Gasteiger partial charge in [-0.3, -0.25) is 9.59 Å². The number of ether oxygens (including phenoxy) is 4. The number of aliphatic hydroxyl groups is 3. The minimum atomic E-state index is -1.86. The Morgan fingerprint density at radius 1 is 0.633 bits per heavy atom. The molecule has 0 radical (unpaired) electrons. The van der Waals surface area contributed by atoms with Gasteiger partial charge in [0.1, 0.15) is 24.9 Å². The van der Waals surface area contributed by atoms with Gasteiger partial charge in [-0.05, 0) is 38.5 Å². The van der Waals surface area contributed by atoms with Gasteiger partial charge >= 0.3 is 17.9 Å². The summed E-state index contributed by atoms with van der Waals surface area (Å²) in [4.78, 5) is 36.5. The topological polar surface area (TPSA) is 169 Å². The molecule has 1 rings (SSSR count). The molecule has 0 aromatic heterocycles. The molecule has 0 saturated carbocycles. The molecule has 1 fully saturated rings. The monoisotopic (exact) mass is 698 g/mol. The van der Waals surface area contributed by atoms with Crippen molar-refractivity contribution in [2.24, 2.45) is 0 Å². The Hall–Kier alpha value is -2.31. The third-order valence-corrected chi connectivity index (χ3v) is 8.55. The zero-order valence-electron chi connectivity index (χ0n) is 30.2. The summed E-state index contributed by atoms with van der Waals surface area (Å²) in [6.07, 6.45) is 19.6. The maximum Gasteiger partial charge on any atom is 0.335 e. The highest BCUT2D eigenvalue weighted by Crippen LogP contribution is 2.23. The van der Waals surface area contributed by atoms with E-state index in [1.54, 1.807) is 0 Å². The largest absolute Gasteiger partial charge is 0.479 e. The molecule has 1 heterocycles. The zero-order valence-corrected chi connectivity index (χ0v) is 30.2. The van der Waals surface area contributed by atoms with Gasteiger partial charge in [0, 0.05) is 12.8 Å². The van der Waals surface area contributed by atoms with Crippen molar-refractivity contribution in [3.63, 3.8) is 0 Å². The van der Waals surface area contributed by atoms with E-state index in [1.165, 1.54) is 44.9 Å². The molecule has 0 aromatic carbocycles. The van der Waals surface area contributed by atoms with Crippen LogP contribution in [0.5, 0.6) is 0 Å². The second-order valence-corrected chi connectivity index (χ2v) is 13.1. The van der Waals surface area contributed by atoms with Crippen LogP contribution < -0.4 is 0 Å². The van der Waals surface area contributed by atoms with Crippen LogP contribution in [0.4, 0.5) is 0 Å². The van der Waals surface area contributed by atoms with E-state index < -0.39 is 61.3 Å². The van der Waals surface area contributed by atoms with Crippen molar-refractivity contribution in [3.8, 4) is 0 Å². The average Bonchev–Trinajstić information content (AvgIpc) is 3.08. The first-order chi connectivity index (χ1) is 23.7. The van der Waals surface area contributed by atoms with Gasteiger partial charge in [-0.2, -0.15) is 0 Å². The van der Waals surface area contributed by atoms with Crippen molar-refractivity contribution < 1.29 is 53.8 Å². The standard InChI is InChI=1S/C38H66O11/c1-3-5-7-9-11-13-14-15-16-17-19-20-22-24-26-31(39)46-28-30(48-32(40)27-25-23-21-18-12-10-8-6-4-2)29-47-38-35(43)33(41)34(42)36(49-38)37(44)45/h9,11,14-15,30,33-36,38,41-43H,3-8,10,12-13,16-29H2,1-2H3,(H,44,45)/b11-9-,15-14-. The Labute approximate surface area is 294 Å². The summed E-state index contributed by atoms with van der Waals surface area (Å²) in [5.41, 5.74) is 0. The van der Waals surface area contributed by atoms with E-state index in [-0.39, 0.29) is 19.4 Å².